The number of hydrogen-bond acceptors (Lipinski definition) is 5. The van der Waals surface area contributed by atoms with E-state index in [2.05, 4.69) is 28.3 Å². The van der Waals surface area contributed by atoms with Crippen LogP contribution < -0.4 is 5.73 Å². The Kier molecular flexibility index (Phi) is 4.60. The highest BCUT2D eigenvalue weighted by molar-refractivity contribution is 7.99. The number of rotatable bonds is 5. The molecule has 0 atom stereocenters. The summed E-state index contributed by atoms with van der Waals surface area (Å²) in [5, 5.41) is 9.82. The highest BCUT2D eigenvalue weighted by Gasteiger charge is 2.15. The lowest BCUT2D eigenvalue weighted by Gasteiger charge is -2.06. The first kappa shape index (κ1) is 16.6. The van der Waals surface area contributed by atoms with Crippen molar-refractivity contribution < 1.29 is 5.11 Å². The third-order valence-electron chi connectivity index (χ3n) is 4.17. The quantitative estimate of drug-likeness (QED) is 0.529. The molecule has 0 bridgehead atoms. The number of aliphatic hydroxyl groups excluding tert-OH is 1. The van der Waals surface area contributed by atoms with Crippen LogP contribution in [-0.4, -0.2) is 32.0 Å². The molecule has 5 nitrogen and oxygen atoms in total. The van der Waals surface area contributed by atoms with Gasteiger partial charge in [-0.25, -0.2) is 9.97 Å². The van der Waals surface area contributed by atoms with E-state index >= 15 is 0 Å². The van der Waals surface area contributed by atoms with E-state index in [1.54, 1.807) is 11.8 Å². The molecule has 0 aliphatic carbocycles. The van der Waals surface area contributed by atoms with Crippen molar-refractivity contribution in [2.75, 3.05) is 18.1 Å². The van der Waals surface area contributed by atoms with Crippen molar-refractivity contribution >= 4 is 28.6 Å². The lowest BCUT2D eigenvalue weighted by molar-refractivity contribution is 0.322. The Hall–Kier alpha value is -2.83. The Morgan fingerprint density at radius 1 is 1.00 bits per heavy atom. The Balaban J connectivity index is 1.85. The Morgan fingerprint density at radius 3 is 2.50 bits per heavy atom. The van der Waals surface area contributed by atoms with Crippen LogP contribution in [0.1, 0.15) is 0 Å². The number of anilines is 1. The number of nitrogens with two attached hydrogens (primary N) is 1. The zero-order valence-electron chi connectivity index (χ0n) is 14.0. The van der Waals surface area contributed by atoms with Gasteiger partial charge < -0.3 is 15.4 Å². The maximum atomic E-state index is 8.96. The molecule has 2 heterocycles. The average Bonchev–Trinajstić information content (AvgIpc) is 3.08. The third kappa shape index (κ3) is 3.05. The SMILES string of the molecule is Nc1ncnc2c1c(-c1ccccc1)cn2-c1ccc(SCCO)cc1. The molecule has 130 valence electrons. The van der Waals surface area contributed by atoms with Gasteiger partial charge in [0, 0.05) is 28.1 Å². The second-order valence-corrected chi connectivity index (χ2v) is 6.97. The molecule has 2 aromatic carbocycles. The minimum atomic E-state index is 0.172. The maximum absolute atomic E-state index is 8.96. The summed E-state index contributed by atoms with van der Waals surface area (Å²) < 4.78 is 2.04. The lowest BCUT2D eigenvalue weighted by Crippen LogP contribution is -1.97. The van der Waals surface area contributed by atoms with Gasteiger partial charge in [0.05, 0.1) is 12.0 Å². The summed E-state index contributed by atoms with van der Waals surface area (Å²) in [6, 6.07) is 18.3. The van der Waals surface area contributed by atoms with Gasteiger partial charge >= 0.3 is 0 Å². The molecule has 0 saturated carbocycles. The first-order chi connectivity index (χ1) is 12.8. The number of benzene rings is 2. The van der Waals surface area contributed by atoms with Gasteiger partial charge in [-0.15, -0.1) is 11.8 Å². The number of nitrogens with zero attached hydrogens (tertiary/aromatic N) is 3. The molecular weight excluding hydrogens is 344 g/mol. The summed E-state index contributed by atoms with van der Waals surface area (Å²) in [6.07, 6.45) is 3.55. The molecule has 0 aliphatic heterocycles. The van der Waals surface area contributed by atoms with Crippen molar-refractivity contribution in [1.29, 1.82) is 0 Å². The minimum absolute atomic E-state index is 0.172. The molecule has 0 radical (unpaired) electrons. The molecule has 0 saturated heterocycles. The van der Waals surface area contributed by atoms with Gasteiger partial charge in [0.1, 0.15) is 12.1 Å². The van der Waals surface area contributed by atoms with Gasteiger partial charge in [0.2, 0.25) is 0 Å². The van der Waals surface area contributed by atoms with Gasteiger partial charge in [0.15, 0.2) is 5.65 Å². The highest BCUT2D eigenvalue weighted by Crippen LogP contribution is 2.34. The van der Waals surface area contributed by atoms with Crippen LogP contribution in [-0.2, 0) is 0 Å². The van der Waals surface area contributed by atoms with Crippen LogP contribution in [0.25, 0.3) is 27.8 Å². The lowest BCUT2D eigenvalue weighted by atomic mass is 10.1. The Bertz CT molecular complexity index is 1030. The molecule has 0 aliphatic rings. The number of aromatic nitrogens is 3. The number of fused-ring (bicyclic) bond motifs is 1. The third-order valence-corrected chi connectivity index (χ3v) is 5.16. The molecule has 4 aromatic rings. The van der Waals surface area contributed by atoms with Crippen molar-refractivity contribution in [2.45, 2.75) is 4.90 Å². The van der Waals surface area contributed by atoms with Gasteiger partial charge in [-0.1, -0.05) is 30.3 Å². The summed E-state index contributed by atoms with van der Waals surface area (Å²) in [6.45, 7) is 0.172. The van der Waals surface area contributed by atoms with Gasteiger partial charge in [-0.2, -0.15) is 0 Å². The smallest absolute Gasteiger partial charge is 0.150 e. The van der Waals surface area contributed by atoms with E-state index in [9.17, 15) is 0 Å². The zero-order valence-corrected chi connectivity index (χ0v) is 14.9. The molecule has 0 spiro atoms. The van der Waals surface area contributed by atoms with E-state index < -0.39 is 0 Å². The molecule has 26 heavy (non-hydrogen) atoms. The van der Waals surface area contributed by atoms with Crippen LogP contribution in [0, 0.1) is 0 Å². The molecular formula is C20H18N4OS. The van der Waals surface area contributed by atoms with E-state index in [-0.39, 0.29) is 6.61 Å². The minimum Gasteiger partial charge on any atom is -0.396 e. The largest absolute Gasteiger partial charge is 0.396 e. The first-order valence-electron chi connectivity index (χ1n) is 8.29. The molecule has 0 amide bonds. The van der Waals surface area contributed by atoms with Crippen LogP contribution >= 0.6 is 11.8 Å². The molecule has 3 N–H and O–H groups in total. The average molecular weight is 362 g/mol. The second-order valence-electron chi connectivity index (χ2n) is 5.80. The predicted molar refractivity (Wildman–Crippen MR) is 107 cm³/mol. The number of hydrogen-bond donors (Lipinski definition) is 2. The monoisotopic (exact) mass is 362 g/mol. The normalized spacial score (nSPS) is 11.1. The number of aliphatic hydroxyl groups is 1. The fourth-order valence-corrected chi connectivity index (χ4v) is 3.64. The van der Waals surface area contributed by atoms with Crippen molar-refractivity contribution in [3.63, 3.8) is 0 Å². The highest BCUT2D eigenvalue weighted by atomic mass is 32.2. The Labute approximate surface area is 155 Å². The topological polar surface area (TPSA) is 77.0 Å². The molecule has 0 fully saturated rings. The summed E-state index contributed by atoms with van der Waals surface area (Å²) in [7, 11) is 0. The van der Waals surface area contributed by atoms with E-state index in [4.69, 9.17) is 10.8 Å². The summed E-state index contributed by atoms with van der Waals surface area (Å²) in [4.78, 5) is 9.77. The second kappa shape index (κ2) is 7.19. The van der Waals surface area contributed by atoms with Crippen LogP contribution in [0.15, 0.2) is 72.0 Å². The predicted octanol–water partition coefficient (Wildman–Crippen LogP) is 3.75. The first-order valence-corrected chi connectivity index (χ1v) is 9.27. The van der Waals surface area contributed by atoms with E-state index in [1.165, 1.54) is 6.33 Å². The molecule has 0 unspecified atom stereocenters. The van der Waals surface area contributed by atoms with Crippen molar-refractivity contribution in [3.05, 3.63) is 67.1 Å². The summed E-state index contributed by atoms with van der Waals surface area (Å²) in [5.74, 6) is 1.16. The van der Waals surface area contributed by atoms with Gasteiger partial charge in [0.25, 0.3) is 0 Å². The van der Waals surface area contributed by atoms with Crippen molar-refractivity contribution in [3.8, 4) is 16.8 Å². The fourth-order valence-electron chi connectivity index (χ4n) is 2.99. The maximum Gasteiger partial charge on any atom is 0.150 e. The molecule has 4 rings (SSSR count). The molecule has 2 aromatic heterocycles. The van der Waals surface area contributed by atoms with E-state index in [0.29, 0.717) is 11.6 Å². The Morgan fingerprint density at radius 2 is 1.77 bits per heavy atom. The van der Waals surface area contributed by atoms with Gasteiger partial charge in [-0.3, -0.25) is 0 Å². The van der Waals surface area contributed by atoms with E-state index in [0.717, 1.165) is 32.7 Å². The van der Waals surface area contributed by atoms with Crippen LogP contribution in [0.4, 0.5) is 5.82 Å². The summed E-state index contributed by atoms with van der Waals surface area (Å²) >= 11 is 1.63. The van der Waals surface area contributed by atoms with Crippen molar-refractivity contribution in [1.82, 2.24) is 14.5 Å². The fraction of sp³-hybridized carbons (Fsp3) is 0.100. The zero-order chi connectivity index (χ0) is 17.9. The van der Waals surface area contributed by atoms with Crippen molar-refractivity contribution in [2.24, 2.45) is 0 Å². The molecule has 6 heteroatoms. The van der Waals surface area contributed by atoms with Crippen LogP contribution in [0.5, 0.6) is 0 Å². The number of nitrogen functional groups attached to an aromatic ring is 1. The standard InChI is InChI=1S/C20H18N4OS/c21-19-18-17(14-4-2-1-3-5-14)12-24(20(18)23-13-22-19)15-6-8-16(9-7-15)26-11-10-25/h1-9,12-13,25H,10-11H2,(H2,21,22,23). The van der Waals surface area contributed by atoms with E-state index in [1.807, 2.05) is 47.0 Å². The summed E-state index contributed by atoms with van der Waals surface area (Å²) in [5.41, 5.74) is 10.0. The van der Waals surface area contributed by atoms with Gasteiger partial charge in [-0.05, 0) is 29.8 Å². The van der Waals surface area contributed by atoms with Crippen LogP contribution in [0.2, 0.25) is 0 Å². The van der Waals surface area contributed by atoms with Crippen LogP contribution in [0.3, 0.4) is 0 Å². The number of thioether (sulfide) groups is 1.